The molecule has 1 aliphatic rings. The van der Waals surface area contributed by atoms with Crippen LogP contribution >= 0.6 is 0 Å². The molecule has 0 spiro atoms. The van der Waals surface area contributed by atoms with Gasteiger partial charge in [-0.3, -0.25) is 0 Å². The maximum absolute atomic E-state index is 13.9. The summed E-state index contributed by atoms with van der Waals surface area (Å²) in [5, 5.41) is 9.82. The molecule has 1 aromatic carbocycles. The quantitative estimate of drug-likeness (QED) is 0.926. The minimum Gasteiger partial charge on any atom is -0.466 e. The molecule has 2 heterocycles. The van der Waals surface area contributed by atoms with Gasteiger partial charge >= 0.3 is 6.09 Å². The van der Waals surface area contributed by atoms with Crippen LogP contribution in [0.5, 0.6) is 5.88 Å². The number of alkyl halides is 2. The number of amides is 1. The highest BCUT2D eigenvalue weighted by Crippen LogP contribution is 2.31. The summed E-state index contributed by atoms with van der Waals surface area (Å²) in [6.07, 6.45) is -3.32. The number of rotatable bonds is 2. The van der Waals surface area contributed by atoms with Crippen LogP contribution in [-0.4, -0.2) is 46.2 Å². The molecule has 3 rings (SSSR count). The first kappa shape index (κ1) is 14.5. The molecule has 1 aromatic heterocycles. The van der Waals surface area contributed by atoms with Crippen LogP contribution in [0.4, 0.5) is 13.6 Å². The van der Waals surface area contributed by atoms with E-state index < -0.39 is 24.5 Å². The molecule has 116 valence electrons. The zero-order valence-corrected chi connectivity index (χ0v) is 11.6. The van der Waals surface area contributed by atoms with E-state index in [-0.39, 0.29) is 19.0 Å². The second kappa shape index (κ2) is 5.40. The summed E-state index contributed by atoms with van der Waals surface area (Å²) in [5.74, 6) is -3.02. The number of carboxylic acid groups (broad SMARTS) is 1. The van der Waals surface area contributed by atoms with Crippen molar-refractivity contribution in [2.24, 2.45) is 0 Å². The van der Waals surface area contributed by atoms with Crippen LogP contribution in [0.15, 0.2) is 36.4 Å². The fraction of sp³-hybridized carbons (Fsp3) is 0.333. The highest BCUT2D eigenvalue weighted by atomic mass is 19.3. The second-order valence-electron chi connectivity index (χ2n) is 5.19. The monoisotopic (exact) mass is 308 g/mol. The van der Waals surface area contributed by atoms with E-state index in [0.29, 0.717) is 5.52 Å². The van der Waals surface area contributed by atoms with Crippen LogP contribution in [0, 0.1) is 0 Å². The minimum atomic E-state index is -3.08. The average molecular weight is 308 g/mol. The van der Waals surface area contributed by atoms with E-state index in [1.54, 1.807) is 18.2 Å². The molecule has 1 N–H and O–H groups in total. The molecule has 0 bridgehead atoms. The first-order valence-corrected chi connectivity index (χ1v) is 6.84. The van der Waals surface area contributed by atoms with Gasteiger partial charge in [-0.25, -0.2) is 18.6 Å². The van der Waals surface area contributed by atoms with Crippen molar-refractivity contribution in [1.29, 1.82) is 0 Å². The number of aromatic nitrogens is 1. The van der Waals surface area contributed by atoms with E-state index >= 15 is 0 Å². The lowest BCUT2D eigenvalue weighted by molar-refractivity contribution is -0.132. The normalized spacial score (nSPS) is 20.8. The van der Waals surface area contributed by atoms with Crippen molar-refractivity contribution >= 4 is 17.0 Å². The molecule has 0 radical (unpaired) electrons. The summed E-state index contributed by atoms with van der Waals surface area (Å²) in [6, 6.07) is 10.5. The molecule has 0 aliphatic carbocycles. The van der Waals surface area contributed by atoms with E-state index in [1.807, 2.05) is 12.1 Å². The molecule has 2 aromatic rings. The number of carbonyl (C=O) groups is 1. The van der Waals surface area contributed by atoms with E-state index in [4.69, 9.17) is 9.84 Å². The number of benzene rings is 1. The van der Waals surface area contributed by atoms with Crippen LogP contribution in [0.1, 0.15) is 6.42 Å². The van der Waals surface area contributed by atoms with Gasteiger partial charge in [-0.05, 0) is 12.1 Å². The highest BCUT2D eigenvalue weighted by Gasteiger charge is 2.47. The number of likely N-dealkylation sites (tertiary alicyclic amines) is 1. The van der Waals surface area contributed by atoms with E-state index in [9.17, 15) is 13.6 Å². The van der Waals surface area contributed by atoms with Gasteiger partial charge in [-0.2, -0.15) is 0 Å². The Hall–Kier alpha value is -2.44. The predicted molar refractivity (Wildman–Crippen MR) is 75.3 cm³/mol. The summed E-state index contributed by atoms with van der Waals surface area (Å²) in [6.45, 7) is -0.579. The fourth-order valence-corrected chi connectivity index (χ4v) is 2.43. The molecule has 7 heteroatoms. The van der Waals surface area contributed by atoms with Gasteiger partial charge in [0.05, 0.1) is 12.1 Å². The predicted octanol–water partition coefficient (Wildman–Crippen LogP) is 3.00. The molecule has 1 saturated heterocycles. The lowest BCUT2D eigenvalue weighted by Crippen LogP contribution is -2.54. The van der Waals surface area contributed by atoms with Gasteiger partial charge in [0.2, 0.25) is 5.88 Å². The van der Waals surface area contributed by atoms with E-state index in [1.165, 1.54) is 6.07 Å². The summed E-state index contributed by atoms with van der Waals surface area (Å²) >= 11 is 0. The largest absolute Gasteiger partial charge is 0.466 e. The Kier molecular flexibility index (Phi) is 3.56. The number of ether oxygens (including phenoxy) is 1. The molecule has 0 saturated carbocycles. The zero-order chi connectivity index (χ0) is 15.7. The number of para-hydroxylation sites is 1. The van der Waals surface area contributed by atoms with Gasteiger partial charge < -0.3 is 14.7 Å². The lowest BCUT2D eigenvalue weighted by Gasteiger charge is -2.36. The van der Waals surface area contributed by atoms with Crippen LogP contribution in [0.25, 0.3) is 10.9 Å². The summed E-state index contributed by atoms with van der Waals surface area (Å²) in [5.41, 5.74) is 0.634. The second-order valence-corrected chi connectivity index (χ2v) is 5.19. The molecule has 1 aliphatic heterocycles. The van der Waals surface area contributed by atoms with Crippen molar-refractivity contribution in [2.75, 3.05) is 13.1 Å². The maximum Gasteiger partial charge on any atom is 0.407 e. The molecular formula is C15H14F2N2O3. The molecule has 1 fully saturated rings. The molecule has 1 amide bonds. The zero-order valence-electron chi connectivity index (χ0n) is 11.6. The highest BCUT2D eigenvalue weighted by molar-refractivity contribution is 5.78. The molecule has 22 heavy (non-hydrogen) atoms. The summed E-state index contributed by atoms with van der Waals surface area (Å²) in [7, 11) is 0. The van der Waals surface area contributed by atoms with Crippen molar-refractivity contribution in [2.45, 2.75) is 18.4 Å². The number of fused-ring (bicyclic) bond motifs is 1. The van der Waals surface area contributed by atoms with Crippen LogP contribution < -0.4 is 4.74 Å². The van der Waals surface area contributed by atoms with Crippen LogP contribution in [0.2, 0.25) is 0 Å². The van der Waals surface area contributed by atoms with Gasteiger partial charge in [0.1, 0.15) is 0 Å². The number of hydrogen-bond donors (Lipinski definition) is 1. The van der Waals surface area contributed by atoms with Gasteiger partial charge in [0, 0.05) is 24.4 Å². The third-order valence-corrected chi connectivity index (χ3v) is 3.68. The van der Waals surface area contributed by atoms with Crippen molar-refractivity contribution < 1.29 is 23.4 Å². The van der Waals surface area contributed by atoms with Crippen molar-refractivity contribution in [1.82, 2.24) is 9.88 Å². The first-order valence-electron chi connectivity index (χ1n) is 6.84. The molecular weight excluding hydrogens is 294 g/mol. The topological polar surface area (TPSA) is 62.7 Å². The Labute approximate surface area is 125 Å². The smallest absolute Gasteiger partial charge is 0.407 e. The van der Waals surface area contributed by atoms with E-state index in [2.05, 4.69) is 4.98 Å². The van der Waals surface area contributed by atoms with Crippen LogP contribution in [0.3, 0.4) is 0 Å². The third kappa shape index (κ3) is 2.79. The summed E-state index contributed by atoms with van der Waals surface area (Å²) < 4.78 is 33.2. The number of pyridine rings is 1. The van der Waals surface area contributed by atoms with E-state index in [0.717, 1.165) is 10.3 Å². The molecule has 1 atom stereocenters. The number of nitrogens with zero attached hydrogens (tertiary/aromatic N) is 2. The summed E-state index contributed by atoms with van der Waals surface area (Å²) in [4.78, 5) is 16.1. The van der Waals surface area contributed by atoms with Gasteiger partial charge in [-0.15, -0.1) is 0 Å². The Balaban J connectivity index is 1.83. The van der Waals surface area contributed by atoms with Gasteiger partial charge in [-0.1, -0.05) is 18.2 Å². The minimum absolute atomic E-state index is 0.0654. The van der Waals surface area contributed by atoms with Gasteiger partial charge in [0.15, 0.2) is 6.10 Å². The molecule has 5 nitrogen and oxygen atoms in total. The number of piperidine rings is 1. The van der Waals surface area contributed by atoms with Crippen molar-refractivity contribution in [3.8, 4) is 5.88 Å². The third-order valence-electron chi connectivity index (χ3n) is 3.68. The van der Waals surface area contributed by atoms with Crippen LogP contribution in [-0.2, 0) is 0 Å². The Morgan fingerprint density at radius 2 is 2.09 bits per heavy atom. The number of halogens is 2. The Bertz CT molecular complexity index is 708. The molecule has 0 unspecified atom stereocenters. The Morgan fingerprint density at radius 1 is 1.32 bits per heavy atom. The Morgan fingerprint density at radius 3 is 2.86 bits per heavy atom. The SMILES string of the molecule is O=C(O)N1CCC(F)(F)[C@@H](Oc2ccc3ccccc3n2)C1. The first-order chi connectivity index (χ1) is 10.5. The fourth-order valence-electron chi connectivity index (χ4n) is 2.43. The average Bonchev–Trinajstić information content (AvgIpc) is 2.49. The van der Waals surface area contributed by atoms with Crippen molar-refractivity contribution in [3.63, 3.8) is 0 Å². The van der Waals surface area contributed by atoms with Crippen molar-refractivity contribution in [3.05, 3.63) is 36.4 Å². The standard InChI is InChI=1S/C15H14F2N2O3/c16-15(17)7-8-19(14(20)21)9-12(15)22-13-6-5-10-3-1-2-4-11(10)18-13/h1-6,12H,7-9H2,(H,20,21)/t12-/m0/s1. The maximum atomic E-state index is 13.9. The lowest BCUT2D eigenvalue weighted by atomic mass is 10.0. The number of hydrogen-bond acceptors (Lipinski definition) is 3. The van der Waals surface area contributed by atoms with Gasteiger partial charge in [0.25, 0.3) is 5.92 Å².